The van der Waals surface area contributed by atoms with Crippen LogP contribution in [0.5, 0.6) is 0 Å². The van der Waals surface area contributed by atoms with Gasteiger partial charge in [-0.05, 0) is 50.5 Å². The first-order chi connectivity index (χ1) is 11.3. The Morgan fingerprint density at radius 2 is 1.58 bits per heavy atom. The number of hydrogen-bond acceptors (Lipinski definition) is 3. The lowest BCUT2D eigenvalue weighted by atomic mass is 10.0. The first-order valence-electron chi connectivity index (χ1n) is 7.71. The molecule has 2 amide bonds. The number of sulfonamides is 1. The van der Waals surface area contributed by atoms with E-state index in [1.165, 1.54) is 17.7 Å². The van der Waals surface area contributed by atoms with Crippen LogP contribution in [0.3, 0.4) is 0 Å². The highest BCUT2D eigenvalue weighted by atomic mass is 32.2. The molecule has 0 spiro atoms. The molecule has 128 valence electrons. The topological polar surface area (TPSA) is 75.3 Å². The monoisotopic (exact) mass is 346 g/mol. The van der Waals surface area contributed by atoms with Crippen molar-refractivity contribution >= 4 is 16.1 Å². The van der Waals surface area contributed by atoms with Gasteiger partial charge in [0.25, 0.3) is 10.0 Å². The summed E-state index contributed by atoms with van der Waals surface area (Å²) in [7, 11) is -3.85. The molecule has 2 rings (SSSR count). The van der Waals surface area contributed by atoms with Gasteiger partial charge >= 0.3 is 6.03 Å². The number of aryl methyl sites for hydroxylation is 3. The molecular formula is C18H22N2O3S. The van der Waals surface area contributed by atoms with Gasteiger partial charge in [-0.1, -0.05) is 41.5 Å². The van der Waals surface area contributed by atoms with E-state index < -0.39 is 16.1 Å². The number of carbonyl (C=O) groups excluding carboxylic acids is 1. The van der Waals surface area contributed by atoms with Gasteiger partial charge in [0.05, 0.1) is 4.90 Å². The van der Waals surface area contributed by atoms with E-state index in [9.17, 15) is 13.2 Å². The molecule has 6 heteroatoms. The van der Waals surface area contributed by atoms with Crippen molar-refractivity contribution in [3.8, 4) is 0 Å². The molecule has 0 bridgehead atoms. The number of benzene rings is 2. The fourth-order valence-corrected chi connectivity index (χ4v) is 3.30. The molecule has 24 heavy (non-hydrogen) atoms. The summed E-state index contributed by atoms with van der Waals surface area (Å²) in [5, 5.41) is 2.58. The molecule has 0 aromatic heterocycles. The standard InChI is InChI=1S/C18H22N2O3S/c1-13-5-8-17(9-6-13)24(22,23)20-18(21)19-11-10-16-7-4-14(2)12-15(16)3/h4-9,12H,10-11H2,1-3H3,(H2,19,20,21). The van der Waals surface area contributed by atoms with Gasteiger partial charge in [-0.25, -0.2) is 17.9 Å². The minimum Gasteiger partial charge on any atom is -0.337 e. The molecule has 0 aliphatic heterocycles. The molecule has 0 atom stereocenters. The van der Waals surface area contributed by atoms with E-state index >= 15 is 0 Å². The van der Waals surface area contributed by atoms with Gasteiger partial charge in [0.1, 0.15) is 0 Å². The molecule has 5 nitrogen and oxygen atoms in total. The predicted octanol–water partition coefficient (Wildman–Crippen LogP) is 2.84. The predicted molar refractivity (Wildman–Crippen MR) is 94.5 cm³/mol. The van der Waals surface area contributed by atoms with Crippen LogP contribution in [0.1, 0.15) is 22.3 Å². The van der Waals surface area contributed by atoms with Gasteiger partial charge in [-0.15, -0.1) is 0 Å². The Labute approximate surface area is 143 Å². The van der Waals surface area contributed by atoms with E-state index in [0.29, 0.717) is 13.0 Å². The zero-order chi connectivity index (χ0) is 17.7. The van der Waals surface area contributed by atoms with Crippen LogP contribution in [-0.2, 0) is 16.4 Å². The Balaban J connectivity index is 1.90. The minimum atomic E-state index is -3.85. The van der Waals surface area contributed by atoms with Crippen LogP contribution in [0.25, 0.3) is 0 Å². The highest BCUT2D eigenvalue weighted by molar-refractivity contribution is 7.90. The van der Waals surface area contributed by atoms with Crippen LogP contribution >= 0.6 is 0 Å². The number of rotatable bonds is 5. The molecule has 0 unspecified atom stereocenters. The average Bonchev–Trinajstić information content (AvgIpc) is 2.49. The maximum absolute atomic E-state index is 12.1. The summed E-state index contributed by atoms with van der Waals surface area (Å²) in [6.07, 6.45) is 0.643. The van der Waals surface area contributed by atoms with Gasteiger partial charge in [-0.3, -0.25) is 0 Å². The maximum atomic E-state index is 12.1. The maximum Gasteiger partial charge on any atom is 0.328 e. The smallest absolute Gasteiger partial charge is 0.328 e. The molecule has 0 aliphatic rings. The molecular weight excluding hydrogens is 324 g/mol. The second kappa shape index (κ2) is 7.49. The normalized spacial score (nSPS) is 11.1. The number of nitrogens with one attached hydrogen (secondary N) is 2. The zero-order valence-corrected chi connectivity index (χ0v) is 14.9. The van der Waals surface area contributed by atoms with Crippen molar-refractivity contribution < 1.29 is 13.2 Å². The SMILES string of the molecule is Cc1ccc(S(=O)(=O)NC(=O)NCCc2ccc(C)cc2C)cc1. The fraction of sp³-hybridized carbons (Fsp3) is 0.278. The van der Waals surface area contributed by atoms with Crippen molar-refractivity contribution in [3.63, 3.8) is 0 Å². The largest absolute Gasteiger partial charge is 0.337 e. The molecule has 0 heterocycles. The van der Waals surface area contributed by atoms with Crippen molar-refractivity contribution in [2.24, 2.45) is 0 Å². The molecule has 2 N–H and O–H groups in total. The van der Waals surface area contributed by atoms with Crippen LogP contribution < -0.4 is 10.0 Å². The molecule has 2 aromatic rings. The van der Waals surface area contributed by atoms with Crippen molar-refractivity contribution in [1.82, 2.24) is 10.0 Å². The summed E-state index contributed by atoms with van der Waals surface area (Å²) in [6, 6.07) is 11.7. The van der Waals surface area contributed by atoms with Gasteiger partial charge in [0, 0.05) is 6.54 Å². The summed E-state index contributed by atoms with van der Waals surface area (Å²) in [5.74, 6) is 0. The van der Waals surface area contributed by atoms with Crippen LogP contribution in [-0.4, -0.2) is 21.0 Å². The first-order valence-corrected chi connectivity index (χ1v) is 9.20. The lowest BCUT2D eigenvalue weighted by Gasteiger charge is -2.10. The van der Waals surface area contributed by atoms with Crippen LogP contribution in [0.15, 0.2) is 47.4 Å². The number of carbonyl (C=O) groups is 1. The first kappa shape index (κ1) is 18.0. The van der Waals surface area contributed by atoms with Crippen LogP contribution in [0.4, 0.5) is 4.79 Å². The Morgan fingerprint density at radius 3 is 2.21 bits per heavy atom. The van der Waals surface area contributed by atoms with E-state index in [-0.39, 0.29) is 4.90 Å². The Morgan fingerprint density at radius 1 is 0.958 bits per heavy atom. The third-order valence-electron chi connectivity index (χ3n) is 3.74. The minimum absolute atomic E-state index is 0.0672. The molecule has 0 aliphatic carbocycles. The molecule has 0 fully saturated rings. The lowest BCUT2D eigenvalue weighted by molar-refractivity contribution is 0.246. The van der Waals surface area contributed by atoms with Crippen molar-refractivity contribution in [1.29, 1.82) is 0 Å². The van der Waals surface area contributed by atoms with Crippen LogP contribution in [0.2, 0.25) is 0 Å². The number of urea groups is 1. The Kier molecular flexibility index (Phi) is 5.62. The van der Waals surface area contributed by atoms with E-state index in [0.717, 1.165) is 16.7 Å². The zero-order valence-electron chi connectivity index (χ0n) is 14.1. The number of amides is 2. The Hall–Kier alpha value is -2.34. The summed E-state index contributed by atoms with van der Waals surface area (Å²) in [6.45, 7) is 6.27. The summed E-state index contributed by atoms with van der Waals surface area (Å²) < 4.78 is 26.2. The van der Waals surface area contributed by atoms with Gasteiger partial charge in [-0.2, -0.15) is 0 Å². The van der Waals surface area contributed by atoms with Crippen molar-refractivity contribution in [2.45, 2.75) is 32.1 Å². The molecule has 0 saturated heterocycles. The third-order valence-corrected chi connectivity index (χ3v) is 5.08. The second-order valence-electron chi connectivity index (χ2n) is 5.85. The molecule has 0 saturated carbocycles. The van der Waals surface area contributed by atoms with E-state index in [1.807, 2.05) is 37.6 Å². The van der Waals surface area contributed by atoms with E-state index in [1.54, 1.807) is 12.1 Å². The molecule has 0 radical (unpaired) electrons. The highest BCUT2D eigenvalue weighted by Crippen LogP contribution is 2.11. The lowest BCUT2D eigenvalue weighted by Crippen LogP contribution is -2.40. The van der Waals surface area contributed by atoms with E-state index in [4.69, 9.17) is 0 Å². The Bertz CT molecular complexity index is 828. The number of hydrogen-bond donors (Lipinski definition) is 2. The van der Waals surface area contributed by atoms with Crippen molar-refractivity contribution in [2.75, 3.05) is 6.54 Å². The van der Waals surface area contributed by atoms with Gasteiger partial charge < -0.3 is 5.32 Å². The summed E-state index contributed by atoms with van der Waals surface area (Å²) >= 11 is 0. The van der Waals surface area contributed by atoms with E-state index in [2.05, 4.69) is 11.4 Å². The highest BCUT2D eigenvalue weighted by Gasteiger charge is 2.16. The molecule has 2 aromatic carbocycles. The summed E-state index contributed by atoms with van der Waals surface area (Å²) in [5.41, 5.74) is 4.42. The van der Waals surface area contributed by atoms with Gasteiger partial charge in [0.2, 0.25) is 0 Å². The van der Waals surface area contributed by atoms with Gasteiger partial charge in [0.15, 0.2) is 0 Å². The third kappa shape index (κ3) is 4.83. The van der Waals surface area contributed by atoms with Crippen molar-refractivity contribution in [3.05, 3.63) is 64.7 Å². The average molecular weight is 346 g/mol. The fourth-order valence-electron chi connectivity index (χ4n) is 2.37. The summed E-state index contributed by atoms with van der Waals surface area (Å²) in [4.78, 5) is 11.9. The quantitative estimate of drug-likeness (QED) is 0.874. The van der Waals surface area contributed by atoms with Crippen LogP contribution in [0, 0.1) is 20.8 Å². The second-order valence-corrected chi connectivity index (χ2v) is 7.54.